The molecule has 5 rings (SSSR count). The summed E-state index contributed by atoms with van der Waals surface area (Å²) in [5.41, 5.74) is 6.84. The van der Waals surface area contributed by atoms with Crippen LogP contribution in [0.2, 0.25) is 0 Å². The van der Waals surface area contributed by atoms with E-state index in [0.717, 1.165) is 29.3 Å². The monoisotopic (exact) mass is 479 g/mol. The van der Waals surface area contributed by atoms with Crippen LogP contribution in [0.3, 0.4) is 0 Å². The zero-order chi connectivity index (χ0) is 22.1. The molecule has 4 heteroatoms. The molecule has 162 valence electrons. The third-order valence-electron chi connectivity index (χ3n) is 8.02. The lowest BCUT2D eigenvalue weighted by Gasteiger charge is -2.54. The fourth-order valence-electron chi connectivity index (χ4n) is 6.54. The van der Waals surface area contributed by atoms with E-state index in [-0.39, 0.29) is 17.3 Å². The van der Waals surface area contributed by atoms with Gasteiger partial charge in [0.25, 0.3) is 0 Å². The average Bonchev–Trinajstić information content (AvgIpc) is 3.13. The van der Waals surface area contributed by atoms with Gasteiger partial charge in [-0.05, 0) is 70.4 Å². The van der Waals surface area contributed by atoms with E-state index >= 15 is 0 Å². The van der Waals surface area contributed by atoms with Gasteiger partial charge in [-0.25, -0.2) is 0 Å². The summed E-state index contributed by atoms with van der Waals surface area (Å²) in [6.07, 6.45) is 2.93. The SMILES string of the molecule is COC(=O)[C@]1(C)CCC[C@]2(C)c3ccc(C(C)C)cc3-c3[nH]c4c(Br)cccc4c3C12. The molecule has 2 aromatic carbocycles. The summed E-state index contributed by atoms with van der Waals surface area (Å²) in [5, 5.41) is 1.21. The quantitative estimate of drug-likeness (QED) is 0.388. The number of methoxy groups -OCH3 is 1. The Morgan fingerprint density at radius 3 is 2.68 bits per heavy atom. The molecule has 1 aromatic heterocycles. The van der Waals surface area contributed by atoms with Gasteiger partial charge in [-0.15, -0.1) is 0 Å². The molecule has 1 saturated carbocycles. The number of benzene rings is 2. The van der Waals surface area contributed by atoms with Gasteiger partial charge in [0.05, 0.1) is 23.7 Å². The molecule has 0 amide bonds. The van der Waals surface area contributed by atoms with Crippen molar-refractivity contribution in [2.45, 2.75) is 64.2 Å². The number of hydrogen-bond acceptors (Lipinski definition) is 2. The third-order valence-corrected chi connectivity index (χ3v) is 8.69. The summed E-state index contributed by atoms with van der Waals surface area (Å²) in [7, 11) is 1.53. The lowest BCUT2D eigenvalue weighted by atomic mass is 9.49. The molecule has 0 radical (unpaired) electrons. The molecular formula is C27H30BrNO2. The van der Waals surface area contributed by atoms with Crippen LogP contribution in [0.1, 0.15) is 75.5 Å². The minimum absolute atomic E-state index is 0.0525. The first-order valence-electron chi connectivity index (χ1n) is 11.3. The number of fused-ring (bicyclic) bond motifs is 8. The number of rotatable bonds is 2. The molecule has 0 bridgehead atoms. The Kier molecular flexibility index (Phi) is 4.68. The molecule has 1 unspecified atom stereocenters. The number of H-pyrrole nitrogens is 1. The molecule has 0 aliphatic heterocycles. The van der Waals surface area contributed by atoms with E-state index in [0.29, 0.717) is 5.92 Å². The molecule has 31 heavy (non-hydrogen) atoms. The summed E-state index contributed by atoms with van der Waals surface area (Å²) < 4.78 is 6.45. The Bertz CT molecular complexity index is 1210. The molecule has 2 aliphatic rings. The van der Waals surface area contributed by atoms with Gasteiger partial charge in [-0.1, -0.05) is 51.5 Å². The maximum Gasteiger partial charge on any atom is 0.312 e. The second-order valence-electron chi connectivity index (χ2n) is 10.1. The number of halogens is 1. The number of esters is 1. The van der Waals surface area contributed by atoms with Crippen molar-refractivity contribution in [2.24, 2.45) is 5.41 Å². The van der Waals surface area contributed by atoms with Crippen molar-refractivity contribution in [2.75, 3.05) is 7.11 Å². The first kappa shape index (κ1) is 20.8. The molecule has 1 heterocycles. The fourth-order valence-corrected chi connectivity index (χ4v) is 7.00. The van der Waals surface area contributed by atoms with Gasteiger partial charge in [0, 0.05) is 26.8 Å². The summed E-state index contributed by atoms with van der Waals surface area (Å²) in [4.78, 5) is 17.0. The predicted octanol–water partition coefficient (Wildman–Crippen LogP) is 7.44. The Labute approximate surface area is 192 Å². The highest BCUT2D eigenvalue weighted by molar-refractivity contribution is 9.10. The maximum absolute atomic E-state index is 13.2. The maximum atomic E-state index is 13.2. The van der Waals surface area contributed by atoms with Gasteiger partial charge in [-0.2, -0.15) is 0 Å². The second kappa shape index (κ2) is 6.96. The molecule has 1 N–H and O–H groups in total. The normalized spacial score (nSPS) is 27.0. The molecule has 0 spiro atoms. The smallest absolute Gasteiger partial charge is 0.312 e. The van der Waals surface area contributed by atoms with E-state index in [1.54, 1.807) is 0 Å². The number of aromatic amines is 1. The number of nitrogens with one attached hydrogen (secondary N) is 1. The van der Waals surface area contributed by atoms with Crippen LogP contribution in [0.15, 0.2) is 40.9 Å². The largest absolute Gasteiger partial charge is 0.469 e. The fraction of sp³-hybridized carbons (Fsp3) is 0.444. The number of ether oxygens (including phenoxy) is 1. The van der Waals surface area contributed by atoms with Gasteiger partial charge >= 0.3 is 5.97 Å². The van der Waals surface area contributed by atoms with Gasteiger partial charge < -0.3 is 9.72 Å². The van der Waals surface area contributed by atoms with E-state index in [2.05, 4.69) is 85.0 Å². The van der Waals surface area contributed by atoms with Gasteiger partial charge in [0.2, 0.25) is 0 Å². The lowest BCUT2D eigenvalue weighted by molar-refractivity contribution is -0.157. The van der Waals surface area contributed by atoms with Crippen LogP contribution < -0.4 is 0 Å². The van der Waals surface area contributed by atoms with Crippen LogP contribution >= 0.6 is 15.9 Å². The lowest BCUT2D eigenvalue weighted by Crippen LogP contribution is -2.50. The summed E-state index contributed by atoms with van der Waals surface area (Å²) >= 11 is 3.75. The summed E-state index contributed by atoms with van der Waals surface area (Å²) in [5.74, 6) is 0.416. The Balaban J connectivity index is 1.91. The van der Waals surface area contributed by atoms with Crippen molar-refractivity contribution in [3.63, 3.8) is 0 Å². The third kappa shape index (κ3) is 2.73. The van der Waals surface area contributed by atoms with Crippen molar-refractivity contribution in [3.8, 4) is 11.3 Å². The standard InChI is InChI=1S/C27H30BrNO2/c1-15(2)16-10-11-19-18(14-16)23-21(17-8-6-9-20(28)22(17)29-23)24-26(19,3)12-7-13-27(24,4)25(30)31-5/h6,8-11,14-15,24,29H,7,12-13H2,1-5H3/t24?,26-,27-/m1/s1. The van der Waals surface area contributed by atoms with Crippen LogP contribution in [0.5, 0.6) is 0 Å². The molecule has 0 saturated heterocycles. The summed E-state index contributed by atoms with van der Waals surface area (Å²) in [6, 6.07) is 13.3. The van der Waals surface area contributed by atoms with Crippen LogP contribution in [-0.4, -0.2) is 18.1 Å². The first-order chi connectivity index (χ1) is 14.7. The van der Waals surface area contributed by atoms with E-state index in [4.69, 9.17) is 4.74 Å². The number of hydrogen-bond donors (Lipinski definition) is 1. The highest BCUT2D eigenvalue weighted by atomic mass is 79.9. The number of para-hydroxylation sites is 1. The van der Waals surface area contributed by atoms with Crippen LogP contribution in [0.4, 0.5) is 0 Å². The zero-order valence-corrected chi connectivity index (χ0v) is 20.5. The predicted molar refractivity (Wildman–Crippen MR) is 130 cm³/mol. The molecule has 2 aliphatic carbocycles. The molecule has 1 fully saturated rings. The van der Waals surface area contributed by atoms with Crippen molar-refractivity contribution >= 4 is 32.8 Å². The summed E-state index contributed by atoms with van der Waals surface area (Å²) in [6.45, 7) is 8.97. The Morgan fingerprint density at radius 1 is 1.19 bits per heavy atom. The van der Waals surface area contributed by atoms with E-state index in [1.807, 2.05) is 0 Å². The van der Waals surface area contributed by atoms with Crippen LogP contribution in [0.25, 0.3) is 22.2 Å². The minimum Gasteiger partial charge on any atom is -0.469 e. The molecule has 3 nitrogen and oxygen atoms in total. The minimum atomic E-state index is -0.567. The van der Waals surface area contributed by atoms with Gasteiger partial charge in [0.15, 0.2) is 0 Å². The van der Waals surface area contributed by atoms with Crippen molar-refractivity contribution in [3.05, 3.63) is 57.6 Å². The van der Waals surface area contributed by atoms with Gasteiger partial charge in [0.1, 0.15) is 0 Å². The van der Waals surface area contributed by atoms with Crippen molar-refractivity contribution in [1.29, 1.82) is 0 Å². The Morgan fingerprint density at radius 2 is 1.97 bits per heavy atom. The Hall–Kier alpha value is -2.07. The highest BCUT2D eigenvalue weighted by Gasteiger charge is 2.58. The van der Waals surface area contributed by atoms with E-state index < -0.39 is 5.41 Å². The number of carbonyl (C=O) groups is 1. The topological polar surface area (TPSA) is 42.1 Å². The van der Waals surface area contributed by atoms with Gasteiger partial charge in [-0.3, -0.25) is 4.79 Å². The highest BCUT2D eigenvalue weighted by Crippen LogP contribution is 2.64. The number of carbonyl (C=O) groups excluding carboxylic acids is 1. The van der Waals surface area contributed by atoms with Crippen molar-refractivity contribution in [1.82, 2.24) is 4.98 Å². The van der Waals surface area contributed by atoms with Crippen LogP contribution in [-0.2, 0) is 14.9 Å². The van der Waals surface area contributed by atoms with Crippen LogP contribution in [0, 0.1) is 5.41 Å². The molecular weight excluding hydrogens is 450 g/mol. The van der Waals surface area contributed by atoms with E-state index in [1.165, 1.54) is 40.4 Å². The molecule has 3 aromatic rings. The van der Waals surface area contributed by atoms with E-state index in [9.17, 15) is 4.79 Å². The first-order valence-corrected chi connectivity index (χ1v) is 12.0. The number of aromatic nitrogens is 1. The average molecular weight is 480 g/mol. The molecule has 3 atom stereocenters. The van der Waals surface area contributed by atoms with Crippen molar-refractivity contribution < 1.29 is 9.53 Å². The zero-order valence-electron chi connectivity index (χ0n) is 18.9. The second-order valence-corrected chi connectivity index (χ2v) is 11.0.